The van der Waals surface area contributed by atoms with Gasteiger partial charge in [-0.2, -0.15) is 0 Å². The molecule has 0 radical (unpaired) electrons. The zero-order valence-electron chi connectivity index (χ0n) is 11.7. The van der Waals surface area contributed by atoms with Gasteiger partial charge in [0, 0.05) is 30.5 Å². The molecule has 3 aromatic heterocycles. The minimum absolute atomic E-state index is 0.0499. The number of anilines is 1. The summed E-state index contributed by atoms with van der Waals surface area (Å²) in [6.07, 6.45) is 5.50. The molecule has 1 atom stereocenters. The molecule has 0 fully saturated rings. The molecule has 0 aliphatic carbocycles. The lowest BCUT2D eigenvalue weighted by Gasteiger charge is -2.19. The molecular formula is C15H15ClN4S. The largest absolute Gasteiger partial charge is 0.368 e. The third-order valence-electron chi connectivity index (χ3n) is 3.22. The van der Waals surface area contributed by atoms with E-state index in [1.807, 2.05) is 36.9 Å². The summed E-state index contributed by atoms with van der Waals surface area (Å²) in [4.78, 5) is 9.84. The van der Waals surface area contributed by atoms with Crippen LogP contribution < -0.4 is 5.32 Å². The van der Waals surface area contributed by atoms with Crippen LogP contribution in [-0.4, -0.2) is 14.5 Å². The summed E-state index contributed by atoms with van der Waals surface area (Å²) >= 11 is 7.89. The van der Waals surface area contributed by atoms with Crippen LogP contribution in [0.15, 0.2) is 42.2 Å². The van der Waals surface area contributed by atoms with Crippen LogP contribution in [0.5, 0.6) is 0 Å². The maximum atomic E-state index is 6.21. The number of thiophene rings is 1. The van der Waals surface area contributed by atoms with Crippen molar-refractivity contribution in [3.8, 4) is 0 Å². The van der Waals surface area contributed by atoms with Crippen LogP contribution in [-0.2, 0) is 7.05 Å². The molecule has 0 amide bonds. The van der Waals surface area contributed by atoms with Gasteiger partial charge in [0.1, 0.15) is 11.9 Å². The number of pyridine rings is 1. The molecular weight excluding hydrogens is 304 g/mol. The van der Waals surface area contributed by atoms with E-state index < -0.39 is 0 Å². The predicted molar refractivity (Wildman–Crippen MR) is 87.0 cm³/mol. The van der Waals surface area contributed by atoms with E-state index in [1.165, 1.54) is 4.88 Å². The Kier molecular flexibility index (Phi) is 3.94. The van der Waals surface area contributed by atoms with Gasteiger partial charge in [-0.15, -0.1) is 11.3 Å². The lowest BCUT2D eigenvalue weighted by Crippen LogP contribution is -2.16. The number of hydrogen-bond acceptors (Lipinski definition) is 4. The fourth-order valence-electron chi connectivity index (χ4n) is 2.18. The first-order chi connectivity index (χ1) is 10.1. The molecule has 0 aromatic carbocycles. The third-order valence-corrected chi connectivity index (χ3v) is 4.46. The number of halogens is 1. The van der Waals surface area contributed by atoms with Crippen molar-refractivity contribution in [3.63, 3.8) is 0 Å². The Balaban J connectivity index is 2.01. The van der Waals surface area contributed by atoms with Gasteiger partial charge < -0.3 is 9.88 Å². The van der Waals surface area contributed by atoms with Crippen LogP contribution in [0, 0.1) is 6.92 Å². The van der Waals surface area contributed by atoms with E-state index in [9.17, 15) is 0 Å². The Morgan fingerprint density at radius 2 is 2.24 bits per heavy atom. The van der Waals surface area contributed by atoms with Gasteiger partial charge in [0.15, 0.2) is 5.15 Å². The van der Waals surface area contributed by atoms with Crippen LogP contribution in [0.4, 0.5) is 5.69 Å². The second-order valence-corrected chi connectivity index (χ2v) is 6.18. The van der Waals surface area contributed by atoms with Gasteiger partial charge in [-0.25, -0.2) is 9.97 Å². The van der Waals surface area contributed by atoms with Gasteiger partial charge in [0.2, 0.25) is 0 Å². The Morgan fingerprint density at radius 3 is 2.90 bits per heavy atom. The summed E-state index contributed by atoms with van der Waals surface area (Å²) < 4.78 is 2.01. The first-order valence-corrected chi connectivity index (χ1v) is 7.80. The van der Waals surface area contributed by atoms with Crippen LogP contribution >= 0.6 is 22.9 Å². The number of rotatable bonds is 4. The van der Waals surface area contributed by atoms with Gasteiger partial charge in [-0.05, 0) is 30.0 Å². The highest BCUT2D eigenvalue weighted by Gasteiger charge is 2.20. The summed E-state index contributed by atoms with van der Waals surface area (Å²) in [7, 11) is 1.99. The zero-order chi connectivity index (χ0) is 14.8. The van der Waals surface area contributed by atoms with Crippen molar-refractivity contribution in [2.75, 3.05) is 5.32 Å². The van der Waals surface area contributed by atoms with Crippen molar-refractivity contribution in [2.45, 2.75) is 13.0 Å². The van der Waals surface area contributed by atoms with E-state index in [-0.39, 0.29) is 6.04 Å². The lowest BCUT2D eigenvalue weighted by molar-refractivity contribution is 0.756. The van der Waals surface area contributed by atoms with Crippen LogP contribution in [0.25, 0.3) is 0 Å². The molecule has 0 aliphatic heterocycles. The monoisotopic (exact) mass is 318 g/mol. The molecule has 0 saturated heterocycles. The number of nitrogens with zero attached hydrogens (tertiary/aromatic N) is 3. The molecule has 3 aromatic rings. The first kappa shape index (κ1) is 14.1. The Labute approximate surface area is 132 Å². The molecule has 0 bridgehead atoms. The van der Waals surface area contributed by atoms with Crippen molar-refractivity contribution < 1.29 is 0 Å². The second-order valence-electron chi connectivity index (χ2n) is 4.84. The minimum atomic E-state index is -0.0499. The average molecular weight is 319 g/mol. The van der Waals surface area contributed by atoms with Crippen molar-refractivity contribution in [3.05, 3.63) is 63.6 Å². The molecule has 3 heterocycles. The van der Waals surface area contributed by atoms with Crippen molar-refractivity contribution >= 4 is 28.6 Å². The van der Waals surface area contributed by atoms with Crippen molar-refractivity contribution in [1.29, 1.82) is 0 Å². The number of aryl methyl sites for hydroxylation is 2. The third kappa shape index (κ3) is 2.94. The molecule has 0 spiro atoms. The van der Waals surface area contributed by atoms with Gasteiger partial charge in [0.25, 0.3) is 0 Å². The summed E-state index contributed by atoms with van der Waals surface area (Å²) in [6.45, 7) is 2.00. The minimum Gasteiger partial charge on any atom is -0.368 e. The summed E-state index contributed by atoms with van der Waals surface area (Å²) in [5.74, 6) is 0.940. The van der Waals surface area contributed by atoms with Gasteiger partial charge in [-0.3, -0.25) is 0 Å². The maximum absolute atomic E-state index is 6.21. The van der Waals surface area contributed by atoms with E-state index in [1.54, 1.807) is 23.7 Å². The van der Waals surface area contributed by atoms with Crippen molar-refractivity contribution in [1.82, 2.24) is 14.5 Å². The normalized spacial score (nSPS) is 12.3. The fraction of sp³-hybridized carbons (Fsp3) is 0.200. The van der Waals surface area contributed by atoms with E-state index in [0.717, 1.165) is 17.1 Å². The van der Waals surface area contributed by atoms with Crippen LogP contribution in [0.3, 0.4) is 0 Å². The SMILES string of the molecule is Cc1cnc(Cl)c(NC(c2cccs2)c2nccn2C)c1. The molecule has 0 aliphatic rings. The standard InChI is InChI=1S/C15H15ClN4S/c1-10-8-11(14(16)18-9-10)19-13(12-4-3-7-21-12)15-17-5-6-20(15)2/h3-9,13,19H,1-2H3. The predicted octanol–water partition coefficient (Wildman–Crippen LogP) is 4.04. The average Bonchev–Trinajstić information content (AvgIpc) is 3.11. The molecule has 4 nitrogen and oxygen atoms in total. The first-order valence-electron chi connectivity index (χ1n) is 6.54. The highest BCUT2D eigenvalue weighted by Crippen LogP contribution is 2.31. The number of imidazole rings is 1. The highest BCUT2D eigenvalue weighted by molar-refractivity contribution is 7.10. The molecule has 21 heavy (non-hydrogen) atoms. The van der Waals surface area contributed by atoms with Gasteiger partial charge in [0.05, 0.1) is 5.69 Å². The summed E-state index contributed by atoms with van der Waals surface area (Å²) in [6, 6.07) is 6.08. The molecule has 6 heteroatoms. The maximum Gasteiger partial charge on any atom is 0.152 e. The lowest BCUT2D eigenvalue weighted by atomic mass is 10.2. The summed E-state index contributed by atoms with van der Waals surface area (Å²) in [5, 5.41) is 5.99. The second kappa shape index (κ2) is 5.87. The fourth-order valence-corrected chi connectivity index (χ4v) is 3.11. The van der Waals surface area contributed by atoms with Crippen LogP contribution in [0.1, 0.15) is 22.3 Å². The quantitative estimate of drug-likeness (QED) is 0.738. The van der Waals surface area contributed by atoms with Gasteiger partial charge >= 0.3 is 0 Å². The molecule has 3 rings (SSSR count). The van der Waals surface area contributed by atoms with Gasteiger partial charge in [-0.1, -0.05) is 17.7 Å². The van der Waals surface area contributed by atoms with E-state index in [0.29, 0.717) is 5.15 Å². The summed E-state index contributed by atoms with van der Waals surface area (Å²) in [5.41, 5.74) is 1.88. The molecule has 1 N–H and O–H groups in total. The smallest absolute Gasteiger partial charge is 0.152 e. The molecule has 108 valence electrons. The topological polar surface area (TPSA) is 42.7 Å². The van der Waals surface area contributed by atoms with E-state index in [2.05, 4.69) is 26.7 Å². The van der Waals surface area contributed by atoms with E-state index >= 15 is 0 Å². The number of aromatic nitrogens is 3. The Morgan fingerprint density at radius 1 is 1.38 bits per heavy atom. The Bertz CT molecular complexity index is 736. The van der Waals surface area contributed by atoms with Crippen molar-refractivity contribution in [2.24, 2.45) is 7.05 Å². The van der Waals surface area contributed by atoms with E-state index in [4.69, 9.17) is 11.6 Å². The number of hydrogen-bond donors (Lipinski definition) is 1. The van der Waals surface area contributed by atoms with Crippen LogP contribution in [0.2, 0.25) is 5.15 Å². The zero-order valence-corrected chi connectivity index (χ0v) is 13.3. The molecule has 1 unspecified atom stereocenters. The molecule has 0 saturated carbocycles. The Hall–Kier alpha value is -1.85. The number of nitrogens with one attached hydrogen (secondary N) is 1. The highest BCUT2D eigenvalue weighted by atomic mass is 35.5.